The fourth-order valence-corrected chi connectivity index (χ4v) is 3.72. The number of methoxy groups -OCH3 is 3. The van der Waals surface area contributed by atoms with E-state index < -0.39 is 11.2 Å². The summed E-state index contributed by atoms with van der Waals surface area (Å²) in [5.41, 5.74) is 0.948. The second-order valence-corrected chi connectivity index (χ2v) is 7.72. The number of aromatic nitrogens is 1. The molecule has 0 atom stereocenters. The van der Waals surface area contributed by atoms with Crippen molar-refractivity contribution in [3.8, 4) is 17.2 Å². The summed E-state index contributed by atoms with van der Waals surface area (Å²) in [6.45, 7) is -0.113. The lowest BCUT2D eigenvalue weighted by molar-refractivity contribution is -0.116. The van der Waals surface area contributed by atoms with E-state index in [1.54, 1.807) is 78.4 Å². The molecule has 3 aromatic carbocycles. The molecule has 1 aromatic heterocycles. The topological polar surface area (TPSA) is 95.9 Å². The first-order valence-corrected chi connectivity index (χ1v) is 10.8. The number of anilines is 1. The Morgan fingerprint density at radius 1 is 0.800 bits per heavy atom. The van der Waals surface area contributed by atoms with Crippen molar-refractivity contribution in [1.29, 1.82) is 0 Å². The summed E-state index contributed by atoms with van der Waals surface area (Å²) in [4.78, 5) is 39.4. The monoisotopic (exact) mass is 472 g/mol. The molecular weight excluding hydrogens is 448 g/mol. The number of hydrogen-bond donors (Lipinski definition) is 1. The average Bonchev–Trinajstić information content (AvgIpc) is 2.90. The third kappa shape index (κ3) is 5.01. The Bertz CT molecular complexity index is 1440. The van der Waals surface area contributed by atoms with E-state index in [4.69, 9.17) is 14.2 Å². The van der Waals surface area contributed by atoms with E-state index in [-0.39, 0.29) is 23.4 Å². The minimum Gasteiger partial charge on any atom is -0.497 e. The molecule has 0 fully saturated rings. The molecule has 0 bridgehead atoms. The van der Waals surface area contributed by atoms with Gasteiger partial charge in [0.15, 0.2) is 5.78 Å². The van der Waals surface area contributed by atoms with Crippen LogP contribution >= 0.6 is 0 Å². The Morgan fingerprint density at radius 2 is 1.37 bits per heavy atom. The van der Waals surface area contributed by atoms with Gasteiger partial charge in [0.25, 0.3) is 0 Å². The zero-order chi connectivity index (χ0) is 24.9. The molecule has 0 aliphatic heterocycles. The van der Waals surface area contributed by atoms with Gasteiger partial charge in [-0.1, -0.05) is 0 Å². The van der Waals surface area contributed by atoms with Crippen LogP contribution in [-0.4, -0.2) is 37.6 Å². The van der Waals surface area contributed by atoms with Crippen molar-refractivity contribution in [2.24, 2.45) is 0 Å². The number of carbonyl (C=O) groups is 2. The Hall–Kier alpha value is -4.59. The number of ether oxygens (including phenoxy) is 3. The molecule has 4 aromatic rings. The first kappa shape index (κ1) is 23.6. The molecule has 0 aliphatic rings. The number of carbonyl (C=O) groups excluding carboxylic acids is 2. The quantitative estimate of drug-likeness (QED) is 0.391. The maximum atomic E-state index is 13.3. The van der Waals surface area contributed by atoms with E-state index in [1.807, 2.05) is 0 Å². The van der Waals surface area contributed by atoms with Crippen LogP contribution in [0, 0.1) is 0 Å². The summed E-state index contributed by atoms with van der Waals surface area (Å²) in [5.74, 6) is 0.964. The van der Waals surface area contributed by atoms with Crippen LogP contribution in [0.25, 0.3) is 10.9 Å². The number of amides is 1. The number of pyridine rings is 1. The summed E-state index contributed by atoms with van der Waals surface area (Å²) in [6, 6.07) is 18.4. The second kappa shape index (κ2) is 10.1. The summed E-state index contributed by atoms with van der Waals surface area (Å²) >= 11 is 0. The van der Waals surface area contributed by atoms with E-state index in [1.165, 1.54) is 20.4 Å². The highest BCUT2D eigenvalue weighted by Crippen LogP contribution is 2.21. The first-order valence-electron chi connectivity index (χ1n) is 10.8. The smallest absolute Gasteiger partial charge is 0.244 e. The summed E-state index contributed by atoms with van der Waals surface area (Å²) in [5, 5.41) is 3.10. The van der Waals surface area contributed by atoms with Crippen molar-refractivity contribution in [3.05, 3.63) is 94.3 Å². The van der Waals surface area contributed by atoms with Gasteiger partial charge in [-0.15, -0.1) is 0 Å². The minimum atomic E-state index is -0.452. The van der Waals surface area contributed by atoms with Gasteiger partial charge in [0.05, 0.1) is 37.8 Å². The molecule has 8 heteroatoms. The van der Waals surface area contributed by atoms with Crippen LogP contribution in [0.1, 0.15) is 15.9 Å². The molecule has 178 valence electrons. The summed E-state index contributed by atoms with van der Waals surface area (Å²) in [7, 11) is 4.59. The average molecular weight is 472 g/mol. The maximum Gasteiger partial charge on any atom is 0.244 e. The number of nitrogens with one attached hydrogen (secondary N) is 1. The van der Waals surface area contributed by atoms with Gasteiger partial charge in [0.2, 0.25) is 11.3 Å². The van der Waals surface area contributed by atoms with Gasteiger partial charge in [0, 0.05) is 17.4 Å². The SMILES string of the molecule is COc1ccc(NC(=O)Cn2cc(C(=O)c3ccc(OC)cc3)c(=O)c3cc(OC)ccc32)cc1. The molecule has 0 aliphatic carbocycles. The van der Waals surface area contributed by atoms with Crippen LogP contribution in [0.2, 0.25) is 0 Å². The third-order valence-corrected chi connectivity index (χ3v) is 5.57. The highest BCUT2D eigenvalue weighted by atomic mass is 16.5. The number of ketones is 1. The number of benzene rings is 3. The molecule has 1 N–H and O–H groups in total. The fraction of sp³-hybridized carbons (Fsp3) is 0.148. The third-order valence-electron chi connectivity index (χ3n) is 5.57. The molecule has 4 rings (SSSR count). The van der Waals surface area contributed by atoms with E-state index >= 15 is 0 Å². The number of rotatable bonds is 8. The lowest BCUT2D eigenvalue weighted by Gasteiger charge is -2.14. The molecule has 1 amide bonds. The fourth-order valence-electron chi connectivity index (χ4n) is 3.72. The van der Waals surface area contributed by atoms with Crippen LogP contribution in [-0.2, 0) is 11.3 Å². The Balaban J connectivity index is 1.73. The van der Waals surface area contributed by atoms with E-state index in [0.717, 1.165) is 0 Å². The van der Waals surface area contributed by atoms with Crippen LogP contribution in [0.4, 0.5) is 5.69 Å². The lowest BCUT2D eigenvalue weighted by atomic mass is 10.0. The van der Waals surface area contributed by atoms with E-state index in [2.05, 4.69) is 5.32 Å². The van der Waals surface area contributed by atoms with Gasteiger partial charge < -0.3 is 24.1 Å². The number of fused-ring (bicyclic) bond motifs is 1. The molecule has 0 saturated heterocycles. The number of hydrogen-bond acceptors (Lipinski definition) is 6. The second-order valence-electron chi connectivity index (χ2n) is 7.72. The van der Waals surface area contributed by atoms with Gasteiger partial charge in [-0.05, 0) is 66.7 Å². The van der Waals surface area contributed by atoms with Crippen molar-refractivity contribution in [1.82, 2.24) is 4.57 Å². The van der Waals surface area contributed by atoms with Crippen LogP contribution in [0.3, 0.4) is 0 Å². The van der Waals surface area contributed by atoms with Gasteiger partial charge >= 0.3 is 0 Å². The van der Waals surface area contributed by atoms with Crippen molar-refractivity contribution < 1.29 is 23.8 Å². The molecule has 0 unspecified atom stereocenters. The normalized spacial score (nSPS) is 10.6. The molecule has 1 heterocycles. The van der Waals surface area contributed by atoms with Crippen molar-refractivity contribution in [2.45, 2.75) is 6.54 Å². The minimum absolute atomic E-state index is 0.0480. The number of nitrogens with zero attached hydrogens (tertiary/aromatic N) is 1. The Labute approximate surface area is 201 Å². The Kier molecular flexibility index (Phi) is 6.82. The zero-order valence-electron chi connectivity index (χ0n) is 19.5. The lowest BCUT2D eigenvalue weighted by Crippen LogP contribution is -2.24. The van der Waals surface area contributed by atoms with Crippen molar-refractivity contribution in [2.75, 3.05) is 26.6 Å². The molecule has 0 saturated carbocycles. The van der Waals surface area contributed by atoms with Crippen LogP contribution in [0.15, 0.2) is 77.7 Å². The van der Waals surface area contributed by atoms with Gasteiger partial charge in [0.1, 0.15) is 23.8 Å². The first-order chi connectivity index (χ1) is 16.9. The summed E-state index contributed by atoms with van der Waals surface area (Å²) < 4.78 is 17.1. The molecule has 0 radical (unpaired) electrons. The highest BCUT2D eigenvalue weighted by molar-refractivity contribution is 6.10. The predicted molar refractivity (Wildman–Crippen MR) is 133 cm³/mol. The van der Waals surface area contributed by atoms with Gasteiger partial charge in [-0.25, -0.2) is 0 Å². The predicted octanol–water partition coefficient (Wildman–Crippen LogP) is 3.90. The van der Waals surface area contributed by atoms with Crippen molar-refractivity contribution in [3.63, 3.8) is 0 Å². The van der Waals surface area contributed by atoms with E-state index in [9.17, 15) is 14.4 Å². The standard InChI is InChI=1S/C27H24N2O6/c1-33-19-8-4-17(5-9-19)26(31)23-15-29(24-13-12-21(35-3)14-22(24)27(23)32)16-25(30)28-18-6-10-20(34-2)11-7-18/h4-15H,16H2,1-3H3,(H,28,30). The van der Waals surface area contributed by atoms with Crippen LogP contribution < -0.4 is 25.0 Å². The maximum absolute atomic E-state index is 13.3. The zero-order valence-corrected chi connectivity index (χ0v) is 19.5. The largest absolute Gasteiger partial charge is 0.497 e. The molecule has 0 spiro atoms. The molecule has 8 nitrogen and oxygen atoms in total. The van der Waals surface area contributed by atoms with Crippen LogP contribution in [0.5, 0.6) is 17.2 Å². The highest BCUT2D eigenvalue weighted by Gasteiger charge is 2.19. The van der Waals surface area contributed by atoms with Gasteiger partial charge in [-0.2, -0.15) is 0 Å². The molecular formula is C27H24N2O6. The summed E-state index contributed by atoms with van der Waals surface area (Å²) in [6.07, 6.45) is 1.43. The van der Waals surface area contributed by atoms with Crippen molar-refractivity contribution >= 4 is 28.3 Å². The van der Waals surface area contributed by atoms with Gasteiger partial charge in [-0.3, -0.25) is 14.4 Å². The molecule has 35 heavy (non-hydrogen) atoms. The van der Waals surface area contributed by atoms with E-state index in [0.29, 0.717) is 34.0 Å². The Morgan fingerprint density at radius 3 is 1.97 bits per heavy atom.